The van der Waals surface area contributed by atoms with Crippen LogP contribution in [0.2, 0.25) is 0 Å². The fourth-order valence-corrected chi connectivity index (χ4v) is 1.60. The predicted octanol–water partition coefficient (Wildman–Crippen LogP) is 1.94. The molecule has 0 unspecified atom stereocenters. The van der Waals surface area contributed by atoms with Crippen molar-refractivity contribution in [1.82, 2.24) is 9.97 Å². The summed E-state index contributed by atoms with van der Waals surface area (Å²) >= 11 is 0. The normalized spacial score (nSPS) is 9.90. The highest BCUT2D eigenvalue weighted by Gasteiger charge is 2.11. The highest BCUT2D eigenvalue weighted by atomic mass is 16.5. The molecule has 0 amide bonds. The quantitative estimate of drug-likeness (QED) is 0.861. The number of hydrogen-bond donors (Lipinski definition) is 2. The molecule has 0 aliphatic rings. The van der Waals surface area contributed by atoms with Crippen LogP contribution in [0.4, 0.5) is 11.5 Å². The Bertz CT molecular complexity index is 631. The summed E-state index contributed by atoms with van der Waals surface area (Å²) in [5, 5.41) is 12.0. The van der Waals surface area contributed by atoms with Gasteiger partial charge in [0.05, 0.1) is 26.6 Å². The van der Waals surface area contributed by atoms with Crippen molar-refractivity contribution in [2.24, 2.45) is 0 Å². The lowest BCUT2D eigenvalue weighted by molar-refractivity contribution is 0.0693. The van der Waals surface area contributed by atoms with Gasteiger partial charge in [-0.3, -0.25) is 4.98 Å². The second kappa shape index (κ2) is 5.87. The Labute approximate surface area is 115 Å². The monoisotopic (exact) mass is 275 g/mol. The maximum Gasteiger partial charge on any atom is 0.339 e. The Morgan fingerprint density at radius 2 is 2.05 bits per heavy atom. The Hall–Kier alpha value is -2.83. The molecule has 0 radical (unpaired) electrons. The van der Waals surface area contributed by atoms with E-state index < -0.39 is 5.97 Å². The van der Waals surface area contributed by atoms with Crippen LogP contribution in [-0.4, -0.2) is 35.3 Å². The number of ether oxygens (including phenoxy) is 2. The zero-order valence-corrected chi connectivity index (χ0v) is 11.0. The predicted molar refractivity (Wildman–Crippen MR) is 71.8 cm³/mol. The van der Waals surface area contributed by atoms with Gasteiger partial charge in [0.2, 0.25) is 5.88 Å². The third kappa shape index (κ3) is 2.94. The number of carboxylic acid groups (broad SMARTS) is 1. The molecule has 0 bridgehead atoms. The minimum absolute atomic E-state index is 0.0924. The van der Waals surface area contributed by atoms with Crippen molar-refractivity contribution in [1.29, 1.82) is 0 Å². The van der Waals surface area contributed by atoms with Crippen molar-refractivity contribution in [3.63, 3.8) is 0 Å². The third-order valence-electron chi connectivity index (χ3n) is 2.53. The third-order valence-corrected chi connectivity index (χ3v) is 2.53. The fraction of sp³-hybridized carbons (Fsp3) is 0.154. The van der Waals surface area contributed by atoms with Crippen LogP contribution in [-0.2, 0) is 0 Å². The zero-order valence-electron chi connectivity index (χ0n) is 11.0. The molecule has 0 fully saturated rings. The highest BCUT2D eigenvalue weighted by Crippen LogP contribution is 2.25. The van der Waals surface area contributed by atoms with E-state index in [0.29, 0.717) is 17.4 Å². The van der Waals surface area contributed by atoms with Crippen LogP contribution in [0.15, 0.2) is 30.6 Å². The molecule has 0 atom stereocenters. The van der Waals surface area contributed by atoms with Crippen LogP contribution in [0.25, 0.3) is 0 Å². The standard InChI is InChI=1S/C13H13N3O4/c1-19-10-5-8(3-4-9(10)13(17)18)15-11-6-14-7-12(16-11)20-2/h3-7H,1-2H3,(H,15,16)(H,17,18). The summed E-state index contributed by atoms with van der Waals surface area (Å²) in [4.78, 5) is 19.1. The Balaban J connectivity index is 2.27. The van der Waals surface area contributed by atoms with Crippen LogP contribution in [0.5, 0.6) is 11.6 Å². The molecule has 0 aliphatic carbocycles. The molecule has 2 aromatic rings. The molecule has 2 N–H and O–H groups in total. The number of rotatable bonds is 5. The van der Waals surface area contributed by atoms with Gasteiger partial charge in [-0.15, -0.1) is 0 Å². The van der Waals surface area contributed by atoms with Gasteiger partial charge in [-0.2, -0.15) is 4.98 Å². The van der Waals surface area contributed by atoms with E-state index in [1.165, 1.54) is 32.7 Å². The molecular weight excluding hydrogens is 262 g/mol. The topological polar surface area (TPSA) is 93.6 Å². The summed E-state index contributed by atoms with van der Waals surface area (Å²) < 4.78 is 10.0. The largest absolute Gasteiger partial charge is 0.496 e. The van der Waals surface area contributed by atoms with Crippen molar-refractivity contribution in [2.45, 2.75) is 0 Å². The molecule has 0 saturated heterocycles. The molecule has 0 saturated carbocycles. The molecule has 104 valence electrons. The van der Waals surface area contributed by atoms with E-state index in [2.05, 4.69) is 15.3 Å². The van der Waals surface area contributed by atoms with E-state index in [-0.39, 0.29) is 11.3 Å². The average Bonchev–Trinajstić information content (AvgIpc) is 2.47. The van der Waals surface area contributed by atoms with E-state index in [4.69, 9.17) is 14.6 Å². The zero-order chi connectivity index (χ0) is 14.5. The molecule has 7 heteroatoms. The SMILES string of the molecule is COc1cncc(Nc2ccc(C(=O)O)c(OC)c2)n1. The van der Waals surface area contributed by atoms with E-state index in [1.807, 2.05) is 0 Å². The molecule has 1 aromatic carbocycles. The second-order valence-electron chi connectivity index (χ2n) is 3.79. The number of nitrogens with one attached hydrogen (secondary N) is 1. The van der Waals surface area contributed by atoms with Crippen LogP contribution in [0, 0.1) is 0 Å². The second-order valence-corrected chi connectivity index (χ2v) is 3.79. The van der Waals surface area contributed by atoms with Gasteiger partial charge in [0.25, 0.3) is 0 Å². The molecule has 0 aliphatic heterocycles. The highest BCUT2D eigenvalue weighted by molar-refractivity contribution is 5.91. The van der Waals surface area contributed by atoms with E-state index in [9.17, 15) is 4.79 Å². The lowest BCUT2D eigenvalue weighted by Gasteiger charge is -2.10. The summed E-state index contributed by atoms with van der Waals surface area (Å²) in [7, 11) is 2.91. The molecule has 7 nitrogen and oxygen atoms in total. The minimum Gasteiger partial charge on any atom is -0.496 e. The maximum absolute atomic E-state index is 11.0. The summed E-state index contributed by atoms with van der Waals surface area (Å²) in [6.45, 7) is 0. The molecule has 2 rings (SSSR count). The van der Waals surface area contributed by atoms with Crippen LogP contribution in [0.3, 0.4) is 0 Å². The van der Waals surface area contributed by atoms with Crippen molar-refractivity contribution in [2.75, 3.05) is 19.5 Å². The first-order valence-electron chi connectivity index (χ1n) is 5.68. The number of hydrogen-bond acceptors (Lipinski definition) is 6. The van der Waals surface area contributed by atoms with Gasteiger partial charge < -0.3 is 19.9 Å². The van der Waals surface area contributed by atoms with Gasteiger partial charge in [-0.1, -0.05) is 0 Å². The van der Waals surface area contributed by atoms with Gasteiger partial charge in [-0.25, -0.2) is 4.79 Å². The summed E-state index contributed by atoms with van der Waals surface area (Å²) in [6, 6.07) is 4.65. The number of anilines is 2. The Morgan fingerprint density at radius 3 is 2.70 bits per heavy atom. The molecular formula is C13H13N3O4. The minimum atomic E-state index is -1.05. The van der Waals surface area contributed by atoms with E-state index >= 15 is 0 Å². The first-order valence-corrected chi connectivity index (χ1v) is 5.68. The van der Waals surface area contributed by atoms with E-state index in [0.717, 1.165) is 0 Å². The van der Waals surface area contributed by atoms with Crippen molar-refractivity contribution < 1.29 is 19.4 Å². The summed E-state index contributed by atoms with van der Waals surface area (Å²) in [5.74, 6) is 0.0755. The first-order chi connectivity index (χ1) is 9.63. The Morgan fingerprint density at radius 1 is 1.25 bits per heavy atom. The number of nitrogens with zero attached hydrogens (tertiary/aromatic N) is 2. The maximum atomic E-state index is 11.0. The lowest BCUT2D eigenvalue weighted by Crippen LogP contribution is -2.02. The van der Waals surface area contributed by atoms with E-state index in [1.54, 1.807) is 12.1 Å². The van der Waals surface area contributed by atoms with Gasteiger partial charge >= 0.3 is 5.97 Å². The van der Waals surface area contributed by atoms with Crippen LogP contribution >= 0.6 is 0 Å². The summed E-state index contributed by atoms with van der Waals surface area (Å²) in [6.07, 6.45) is 3.01. The van der Waals surface area contributed by atoms with Gasteiger partial charge in [0.1, 0.15) is 11.3 Å². The lowest BCUT2D eigenvalue weighted by atomic mass is 10.2. The first kappa shape index (κ1) is 13.6. The molecule has 0 spiro atoms. The van der Waals surface area contributed by atoms with Gasteiger partial charge in [0, 0.05) is 11.8 Å². The molecule has 1 aromatic heterocycles. The average molecular weight is 275 g/mol. The molecule has 1 heterocycles. The van der Waals surface area contributed by atoms with Crippen molar-refractivity contribution in [3.05, 3.63) is 36.2 Å². The molecule has 20 heavy (non-hydrogen) atoms. The van der Waals surface area contributed by atoms with Gasteiger partial charge in [-0.05, 0) is 12.1 Å². The number of carbonyl (C=O) groups is 1. The Kier molecular flexibility index (Phi) is 3.99. The van der Waals surface area contributed by atoms with Crippen molar-refractivity contribution in [3.8, 4) is 11.6 Å². The smallest absolute Gasteiger partial charge is 0.339 e. The summed E-state index contributed by atoms with van der Waals surface area (Å²) in [5.41, 5.74) is 0.726. The number of aromatic carboxylic acids is 1. The van der Waals surface area contributed by atoms with Crippen LogP contribution < -0.4 is 14.8 Å². The fourth-order valence-electron chi connectivity index (χ4n) is 1.60. The van der Waals surface area contributed by atoms with Gasteiger partial charge in [0.15, 0.2) is 5.82 Å². The number of carboxylic acids is 1. The number of methoxy groups -OCH3 is 2. The van der Waals surface area contributed by atoms with Crippen molar-refractivity contribution >= 4 is 17.5 Å². The number of benzene rings is 1. The van der Waals surface area contributed by atoms with Crippen LogP contribution in [0.1, 0.15) is 10.4 Å². The number of aromatic nitrogens is 2.